The van der Waals surface area contributed by atoms with Gasteiger partial charge >= 0.3 is 11.8 Å². The van der Waals surface area contributed by atoms with Crippen molar-refractivity contribution in [1.29, 1.82) is 0 Å². The Morgan fingerprint density at radius 2 is 2.00 bits per heavy atom. The largest absolute Gasteiger partial charge is 0.449 e. The summed E-state index contributed by atoms with van der Waals surface area (Å²) in [5, 5.41) is 0. The predicted octanol–water partition coefficient (Wildman–Crippen LogP) is 3.82. The van der Waals surface area contributed by atoms with Gasteiger partial charge in [-0.1, -0.05) is 20.8 Å². The first-order valence-corrected chi connectivity index (χ1v) is 11.6. The van der Waals surface area contributed by atoms with E-state index >= 15 is 0 Å². The SMILES string of the molecule is CC(C)(C)C1(COC(N)=O)CCC(n2c(=O)[nH]c3cnc(-c4cnc5ccc(F)cn45)nc32)CC1. The average molecular weight is 482 g/mol. The number of amides is 1. The van der Waals surface area contributed by atoms with E-state index in [0.29, 0.717) is 41.2 Å². The van der Waals surface area contributed by atoms with Gasteiger partial charge in [0.1, 0.15) is 22.7 Å². The fourth-order valence-corrected chi connectivity index (χ4v) is 5.23. The number of halogens is 1. The second-order valence-corrected chi connectivity index (χ2v) is 10.3. The van der Waals surface area contributed by atoms with Gasteiger partial charge in [-0.2, -0.15) is 0 Å². The number of nitrogens with two attached hydrogens (primary N) is 1. The maximum absolute atomic E-state index is 13.8. The van der Waals surface area contributed by atoms with Crippen LogP contribution in [-0.2, 0) is 4.74 Å². The number of hydrogen-bond acceptors (Lipinski definition) is 6. The molecule has 10 nitrogen and oxygen atoms in total. The van der Waals surface area contributed by atoms with Crippen LogP contribution in [0.2, 0.25) is 0 Å². The van der Waals surface area contributed by atoms with E-state index in [0.717, 1.165) is 12.8 Å². The number of H-pyrrole nitrogens is 1. The number of carbonyl (C=O) groups is 1. The Morgan fingerprint density at radius 3 is 2.69 bits per heavy atom. The van der Waals surface area contributed by atoms with Gasteiger partial charge in [0.05, 0.1) is 19.0 Å². The summed E-state index contributed by atoms with van der Waals surface area (Å²) in [7, 11) is 0. The van der Waals surface area contributed by atoms with Crippen molar-refractivity contribution >= 4 is 22.9 Å². The third kappa shape index (κ3) is 3.94. The number of carbonyl (C=O) groups excluding carboxylic acids is 1. The average Bonchev–Trinajstić information content (AvgIpc) is 3.36. The predicted molar refractivity (Wildman–Crippen MR) is 127 cm³/mol. The van der Waals surface area contributed by atoms with Crippen molar-refractivity contribution < 1.29 is 13.9 Å². The molecule has 0 aromatic carbocycles. The quantitative estimate of drug-likeness (QED) is 0.455. The van der Waals surface area contributed by atoms with Crippen molar-refractivity contribution in [2.75, 3.05) is 6.61 Å². The Labute approximate surface area is 200 Å². The minimum absolute atomic E-state index is 0.0809. The maximum atomic E-state index is 13.8. The van der Waals surface area contributed by atoms with E-state index in [2.05, 4.69) is 40.7 Å². The van der Waals surface area contributed by atoms with Gasteiger partial charge in [-0.05, 0) is 43.2 Å². The van der Waals surface area contributed by atoms with Crippen molar-refractivity contribution in [3.05, 3.63) is 47.0 Å². The van der Waals surface area contributed by atoms with Crippen LogP contribution in [0.25, 0.3) is 28.3 Å². The zero-order valence-corrected chi connectivity index (χ0v) is 19.9. The number of rotatable bonds is 4. The van der Waals surface area contributed by atoms with Gasteiger partial charge in [-0.15, -0.1) is 0 Å². The molecule has 4 aromatic heterocycles. The van der Waals surface area contributed by atoms with E-state index in [1.165, 1.54) is 12.3 Å². The molecule has 1 aliphatic carbocycles. The van der Waals surface area contributed by atoms with Crippen LogP contribution >= 0.6 is 0 Å². The van der Waals surface area contributed by atoms with E-state index < -0.39 is 11.9 Å². The van der Waals surface area contributed by atoms with Crippen LogP contribution in [0.4, 0.5) is 9.18 Å². The number of primary amides is 1. The molecular weight excluding hydrogens is 453 g/mol. The summed E-state index contributed by atoms with van der Waals surface area (Å²) in [6.07, 6.45) is 6.66. The molecule has 0 bridgehead atoms. The monoisotopic (exact) mass is 481 g/mol. The summed E-state index contributed by atoms with van der Waals surface area (Å²) < 4.78 is 22.4. The lowest BCUT2D eigenvalue weighted by atomic mass is 9.59. The first-order chi connectivity index (χ1) is 16.6. The molecule has 1 saturated carbocycles. The fraction of sp³-hybridized carbons (Fsp3) is 0.458. The Hall–Kier alpha value is -3.76. The molecule has 0 radical (unpaired) electrons. The highest BCUT2D eigenvalue weighted by atomic mass is 19.1. The van der Waals surface area contributed by atoms with Crippen LogP contribution < -0.4 is 11.4 Å². The van der Waals surface area contributed by atoms with Gasteiger partial charge in [0.2, 0.25) is 0 Å². The van der Waals surface area contributed by atoms with Crippen LogP contribution in [0.5, 0.6) is 0 Å². The Balaban J connectivity index is 1.49. The number of nitrogens with one attached hydrogen (secondary N) is 1. The van der Waals surface area contributed by atoms with Gasteiger partial charge in [0, 0.05) is 17.7 Å². The van der Waals surface area contributed by atoms with Crippen LogP contribution in [0.15, 0.2) is 35.5 Å². The molecule has 0 aliphatic heterocycles. The minimum atomic E-state index is -0.778. The zero-order valence-electron chi connectivity index (χ0n) is 19.9. The molecule has 1 amide bonds. The summed E-state index contributed by atoms with van der Waals surface area (Å²) >= 11 is 0. The number of pyridine rings is 1. The van der Waals surface area contributed by atoms with Gasteiger partial charge in [-0.25, -0.2) is 28.9 Å². The highest BCUT2D eigenvalue weighted by Crippen LogP contribution is 2.52. The first kappa shape index (κ1) is 23.0. The molecule has 11 heteroatoms. The summed E-state index contributed by atoms with van der Waals surface area (Å²) in [5.41, 5.74) is 6.75. The molecular formula is C24H28FN7O3. The zero-order chi connectivity index (χ0) is 25.0. The topological polar surface area (TPSA) is 133 Å². The standard InChI is InChI=1S/C24H28FN7O3/c1-23(2,3)24(13-35-21(26)33)8-6-15(7-9-24)32-20-16(29-22(32)34)10-28-19(30-20)17-11-27-18-5-4-14(25)12-31(17)18/h4-5,10-12,15H,6-9,13H2,1-3H3,(H2,26,33)(H,29,34). The van der Waals surface area contributed by atoms with Crippen LogP contribution in [0.1, 0.15) is 52.5 Å². The number of aromatic amines is 1. The smallest absolute Gasteiger partial charge is 0.404 e. The normalized spacial score (nSPS) is 21.0. The molecule has 3 N–H and O–H groups in total. The summed E-state index contributed by atoms with van der Waals surface area (Å²) in [6, 6.07) is 2.84. The van der Waals surface area contributed by atoms with E-state index in [9.17, 15) is 14.0 Å². The molecule has 35 heavy (non-hydrogen) atoms. The Morgan fingerprint density at radius 1 is 1.26 bits per heavy atom. The molecule has 1 fully saturated rings. The van der Waals surface area contributed by atoms with E-state index in [-0.39, 0.29) is 29.2 Å². The van der Waals surface area contributed by atoms with Crippen LogP contribution in [-0.4, -0.2) is 41.6 Å². The molecule has 0 unspecified atom stereocenters. The van der Waals surface area contributed by atoms with Gasteiger partial charge in [-0.3, -0.25) is 8.97 Å². The second kappa shape index (κ2) is 8.17. The van der Waals surface area contributed by atoms with E-state index in [1.807, 2.05) is 0 Å². The minimum Gasteiger partial charge on any atom is -0.449 e. The van der Waals surface area contributed by atoms with Crippen molar-refractivity contribution in [2.24, 2.45) is 16.6 Å². The first-order valence-electron chi connectivity index (χ1n) is 11.6. The highest BCUT2D eigenvalue weighted by molar-refractivity contribution is 5.72. The summed E-state index contributed by atoms with van der Waals surface area (Å²) in [4.78, 5) is 40.5. The second-order valence-electron chi connectivity index (χ2n) is 10.3. The molecule has 5 rings (SSSR count). The molecule has 0 spiro atoms. The fourth-order valence-electron chi connectivity index (χ4n) is 5.23. The van der Waals surface area contributed by atoms with Crippen LogP contribution in [0, 0.1) is 16.6 Å². The third-order valence-corrected chi connectivity index (χ3v) is 7.51. The summed E-state index contributed by atoms with van der Waals surface area (Å²) in [6.45, 7) is 6.65. The molecule has 0 saturated heterocycles. The lowest BCUT2D eigenvalue weighted by Crippen LogP contribution is -2.44. The van der Waals surface area contributed by atoms with E-state index in [4.69, 9.17) is 10.5 Å². The maximum Gasteiger partial charge on any atom is 0.404 e. The van der Waals surface area contributed by atoms with Crippen molar-refractivity contribution in [2.45, 2.75) is 52.5 Å². The highest BCUT2D eigenvalue weighted by Gasteiger charge is 2.46. The van der Waals surface area contributed by atoms with E-state index in [1.54, 1.807) is 27.4 Å². The molecule has 4 aromatic rings. The van der Waals surface area contributed by atoms with Crippen molar-refractivity contribution in [1.82, 2.24) is 28.9 Å². The number of imidazole rings is 2. The number of ether oxygens (including phenoxy) is 1. The van der Waals surface area contributed by atoms with Gasteiger partial charge < -0.3 is 15.5 Å². The van der Waals surface area contributed by atoms with Crippen molar-refractivity contribution in [3.8, 4) is 11.5 Å². The lowest BCUT2D eigenvalue weighted by molar-refractivity contribution is -0.0320. The summed E-state index contributed by atoms with van der Waals surface area (Å²) in [5.74, 6) is -0.0562. The number of fused-ring (bicyclic) bond motifs is 2. The number of nitrogens with zero attached hydrogens (tertiary/aromatic N) is 5. The van der Waals surface area contributed by atoms with Crippen LogP contribution in [0.3, 0.4) is 0 Å². The molecule has 1 aliphatic rings. The Bertz CT molecular complexity index is 1470. The van der Waals surface area contributed by atoms with Gasteiger partial charge in [0.25, 0.3) is 0 Å². The molecule has 184 valence electrons. The van der Waals surface area contributed by atoms with Crippen molar-refractivity contribution in [3.63, 3.8) is 0 Å². The lowest BCUT2D eigenvalue weighted by Gasteiger charge is -2.48. The van der Waals surface area contributed by atoms with Gasteiger partial charge in [0.15, 0.2) is 11.5 Å². The number of hydrogen-bond donors (Lipinski definition) is 2. The Kier molecular flexibility index (Phi) is 5.37. The molecule has 4 heterocycles. The number of aromatic nitrogens is 6. The molecule has 0 atom stereocenters. The third-order valence-electron chi connectivity index (χ3n) is 7.51.